The molecule has 9 nitrogen and oxygen atoms in total. The van der Waals surface area contributed by atoms with Crippen LogP contribution in [0.4, 0.5) is 0 Å². The second-order valence-electron chi connectivity index (χ2n) is 21.2. The molecular formula is C61H114N2O7P+. The van der Waals surface area contributed by atoms with E-state index in [0.29, 0.717) is 17.4 Å². The first-order valence-electron chi connectivity index (χ1n) is 29.6. The number of phosphoric acid groups is 1. The monoisotopic (exact) mass is 1020 g/mol. The van der Waals surface area contributed by atoms with Crippen molar-refractivity contribution in [1.82, 2.24) is 5.32 Å². The van der Waals surface area contributed by atoms with Crippen molar-refractivity contribution >= 4 is 19.7 Å². The Kier molecular flexibility index (Phi) is 49.6. The molecule has 0 aromatic heterocycles. The lowest BCUT2D eigenvalue weighted by molar-refractivity contribution is -0.870. The first-order chi connectivity index (χ1) is 34.4. The normalized spacial score (nSPS) is 14.2. The first kappa shape index (κ1) is 68.7. The van der Waals surface area contributed by atoms with E-state index in [9.17, 15) is 19.0 Å². The maximum Gasteiger partial charge on any atom is 0.472 e. The van der Waals surface area contributed by atoms with Crippen molar-refractivity contribution < 1.29 is 37.3 Å². The number of ether oxygens (including phenoxy) is 1. The Hall–Kier alpha value is -2.29. The van der Waals surface area contributed by atoms with Crippen molar-refractivity contribution in [1.29, 1.82) is 0 Å². The second kappa shape index (κ2) is 51.2. The number of rotatable bonds is 53. The zero-order chi connectivity index (χ0) is 52.2. The molecule has 1 amide bonds. The minimum atomic E-state index is -4.45. The molecule has 2 N–H and O–H groups in total. The molecule has 0 aliphatic carbocycles. The van der Waals surface area contributed by atoms with E-state index < -0.39 is 20.0 Å². The number of nitrogens with zero attached hydrogens (tertiary/aromatic N) is 1. The number of unbranched alkanes of at least 4 members (excludes halogenated alkanes) is 30. The van der Waals surface area contributed by atoms with Gasteiger partial charge in [0.15, 0.2) is 0 Å². The van der Waals surface area contributed by atoms with Crippen molar-refractivity contribution in [2.24, 2.45) is 0 Å². The van der Waals surface area contributed by atoms with E-state index in [1.165, 1.54) is 148 Å². The Bertz CT molecular complexity index is 1400. The highest BCUT2D eigenvalue weighted by Crippen LogP contribution is 2.43. The predicted octanol–water partition coefficient (Wildman–Crippen LogP) is 17.9. The number of hydrogen-bond donors (Lipinski definition) is 2. The summed E-state index contributed by atoms with van der Waals surface area (Å²) in [7, 11) is 1.48. The SMILES string of the molecule is CCCCC/C=C\C/C=C\CCCCCCCCCCCC(=O)OC(/C=C/CCCCCCCCCCC)C(COP(=O)(O)OCC[N+](C)(C)C)NC(=O)CCCCCCCC/C=C/C=C/CCCCC. The van der Waals surface area contributed by atoms with Gasteiger partial charge in [0.25, 0.3) is 0 Å². The summed E-state index contributed by atoms with van der Waals surface area (Å²) in [5.41, 5.74) is 0. The van der Waals surface area contributed by atoms with Crippen LogP contribution in [-0.2, 0) is 27.9 Å². The van der Waals surface area contributed by atoms with Crippen molar-refractivity contribution in [3.05, 3.63) is 60.8 Å². The summed E-state index contributed by atoms with van der Waals surface area (Å²) in [6.45, 7) is 6.94. The lowest BCUT2D eigenvalue weighted by atomic mass is 10.0. The Labute approximate surface area is 439 Å². The number of esters is 1. The summed E-state index contributed by atoms with van der Waals surface area (Å²) in [5.74, 6) is -0.522. The van der Waals surface area contributed by atoms with Crippen LogP contribution in [0.25, 0.3) is 0 Å². The van der Waals surface area contributed by atoms with E-state index in [-0.39, 0.29) is 31.5 Å². The van der Waals surface area contributed by atoms with Crippen LogP contribution in [0.2, 0.25) is 0 Å². The highest BCUT2D eigenvalue weighted by Gasteiger charge is 2.30. The minimum absolute atomic E-state index is 0.0359. The Morgan fingerprint density at radius 2 is 0.901 bits per heavy atom. The van der Waals surface area contributed by atoms with Gasteiger partial charge in [-0.25, -0.2) is 4.57 Å². The third-order valence-corrected chi connectivity index (χ3v) is 13.9. The molecule has 10 heteroatoms. The fraction of sp³-hybridized carbons (Fsp3) is 0.803. The number of phosphoric ester groups is 1. The summed E-state index contributed by atoms with van der Waals surface area (Å²) in [6.07, 6.45) is 63.5. The molecule has 71 heavy (non-hydrogen) atoms. The Morgan fingerprint density at radius 3 is 1.38 bits per heavy atom. The lowest BCUT2D eigenvalue weighted by Crippen LogP contribution is -2.47. The molecule has 0 fully saturated rings. The number of quaternary nitrogens is 1. The van der Waals surface area contributed by atoms with Crippen molar-refractivity contribution in [2.45, 2.75) is 277 Å². The van der Waals surface area contributed by atoms with Gasteiger partial charge in [-0.05, 0) is 89.5 Å². The number of amides is 1. The molecule has 3 unspecified atom stereocenters. The quantitative estimate of drug-likeness (QED) is 0.0156. The fourth-order valence-electron chi connectivity index (χ4n) is 8.31. The maximum atomic E-state index is 13.5. The van der Waals surface area contributed by atoms with Crippen LogP contribution in [0.5, 0.6) is 0 Å². The van der Waals surface area contributed by atoms with Gasteiger partial charge < -0.3 is 19.4 Å². The fourth-order valence-corrected chi connectivity index (χ4v) is 9.05. The van der Waals surface area contributed by atoms with E-state index in [4.69, 9.17) is 13.8 Å². The van der Waals surface area contributed by atoms with E-state index >= 15 is 0 Å². The molecule has 0 saturated carbocycles. The molecule has 0 aromatic rings. The van der Waals surface area contributed by atoms with Crippen molar-refractivity contribution in [3.8, 4) is 0 Å². The van der Waals surface area contributed by atoms with E-state index in [1.807, 2.05) is 33.3 Å². The smallest absolute Gasteiger partial charge is 0.456 e. The number of allylic oxidation sites excluding steroid dienone is 9. The summed E-state index contributed by atoms with van der Waals surface area (Å²) < 4.78 is 30.6. The Morgan fingerprint density at radius 1 is 0.507 bits per heavy atom. The number of hydrogen-bond acceptors (Lipinski definition) is 6. The van der Waals surface area contributed by atoms with Crippen LogP contribution >= 0.6 is 7.82 Å². The largest absolute Gasteiger partial charge is 0.472 e. The van der Waals surface area contributed by atoms with Crippen LogP contribution in [0.3, 0.4) is 0 Å². The van der Waals surface area contributed by atoms with Gasteiger partial charge in [-0.1, -0.05) is 223 Å². The minimum Gasteiger partial charge on any atom is -0.456 e. The molecule has 0 bridgehead atoms. The standard InChI is InChI=1S/C61H113N2O7P/c1-7-10-13-16-19-22-25-27-29-30-31-32-34-36-39-42-45-48-51-54-61(65)70-59(52-49-46-43-40-37-24-21-18-15-12-9-3)58(57-69-71(66,67)68-56-55-63(4,5)6)62-60(64)53-50-47-44-41-38-35-33-28-26-23-20-17-14-11-8-2/h19-20,22-23,26-29,49,52,58-59H,7-18,21,24-25,30-48,50-51,53-57H2,1-6H3,(H-,62,64,66,67)/p+1/b22-19-,23-20+,28-26+,29-27-,52-49+. The lowest BCUT2D eigenvalue weighted by Gasteiger charge is -2.27. The van der Waals surface area contributed by atoms with E-state index in [0.717, 1.165) is 83.5 Å². The van der Waals surface area contributed by atoms with Gasteiger partial charge in [-0.2, -0.15) is 0 Å². The van der Waals surface area contributed by atoms with E-state index in [1.54, 1.807) is 0 Å². The van der Waals surface area contributed by atoms with Crippen LogP contribution in [0.15, 0.2) is 60.8 Å². The topological polar surface area (TPSA) is 111 Å². The van der Waals surface area contributed by atoms with Gasteiger partial charge in [-0.15, -0.1) is 0 Å². The molecule has 0 rings (SSSR count). The molecule has 0 aliphatic rings. The third kappa shape index (κ3) is 52.4. The van der Waals surface area contributed by atoms with Gasteiger partial charge in [0.2, 0.25) is 5.91 Å². The van der Waals surface area contributed by atoms with Crippen molar-refractivity contribution in [3.63, 3.8) is 0 Å². The van der Waals surface area contributed by atoms with Crippen LogP contribution < -0.4 is 5.32 Å². The van der Waals surface area contributed by atoms with Crippen LogP contribution in [-0.4, -0.2) is 74.3 Å². The average Bonchev–Trinajstić information content (AvgIpc) is 3.33. The zero-order valence-electron chi connectivity index (χ0n) is 47.2. The molecule has 0 spiro atoms. The molecule has 0 radical (unpaired) electrons. The molecule has 414 valence electrons. The third-order valence-electron chi connectivity index (χ3n) is 13.0. The van der Waals surface area contributed by atoms with Crippen LogP contribution in [0, 0.1) is 0 Å². The van der Waals surface area contributed by atoms with E-state index in [2.05, 4.69) is 74.7 Å². The maximum absolute atomic E-state index is 13.5. The zero-order valence-corrected chi connectivity index (χ0v) is 48.1. The predicted molar refractivity (Wildman–Crippen MR) is 305 cm³/mol. The number of likely N-dealkylation sites (N-methyl/N-ethyl adjacent to an activating group) is 1. The number of carbonyl (C=O) groups is 2. The Balaban J connectivity index is 5.28. The first-order valence-corrected chi connectivity index (χ1v) is 31.1. The number of carbonyl (C=O) groups excluding carboxylic acids is 2. The van der Waals surface area contributed by atoms with Crippen LogP contribution in [0.1, 0.15) is 265 Å². The van der Waals surface area contributed by atoms with Gasteiger partial charge in [0, 0.05) is 12.8 Å². The van der Waals surface area contributed by atoms with Crippen molar-refractivity contribution in [2.75, 3.05) is 40.9 Å². The summed E-state index contributed by atoms with van der Waals surface area (Å²) >= 11 is 0. The summed E-state index contributed by atoms with van der Waals surface area (Å²) in [5, 5.41) is 3.04. The van der Waals surface area contributed by atoms with Gasteiger partial charge >= 0.3 is 13.8 Å². The molecular weight excluding hydrogens is 904 g/mol. The molecule has 0 aliphatic heterocycles. The van der Waals surface area contributed by atoms with Gasteiger partial charge in [0.05, 0.1) is 33.8 Å². The van der Waals surface area contributed by atoms with Gasteiger partial charge in [-0.3, -0.25) is 18.6 Å². The summed E-state index contributed by atoms with van der Waals surface area (Å²) in [4.78, 5) is 37.6. The number of nitrogens with one attached hydrogen (secondary N) is 1. The summed E-state index contributed by atoms with van der Waals surface area (Å²) in [6, 6.07) is -0.856. The highest BCUT2D eigenvalue weighted by atomic mass is 31.2. The second-order valence-corrected chi connectivity index (χ2v) is 22.6. The molecule has 0 saturated heterocycles. The highest BCUT2D eigenvalue weighted by molar-refractivity contribution is 7.47. The molecule has 0 aromatic carbocycles. The molecule has 0 heterocycles. The van der Waals surface area contributed by atoms with Gasteiger partial charge in [0.1, 0.15) is 19.3 Å². The average molecular weight is 1020 g/mol. The molecule has 3 atom stereocenters.